The summed E-state index contributed by atoms with van der Waals surface area (Å²) in [5.41, 5.74) is 2.28. The van der Waals surface area contributed by atoms with E-state index in [1.165, 1.54) is 0 Å². The Morgan fingerprint density at radius 3 is 2.58 bits per heavy atom. The number of benzene rings is 1. The van der Waals surface area contributed by atoms with E-state index in [0.29, 0.717) is 31.5 Å². The number of halogens is 1. The van der Waals surface area contributed by atoms with Crippen LogP contribution in [0.3, 0.4) is 0 Å². The van der Waals surface area contributed by atoms with Crippen LogP contribution in [-0.2, 0) is 17.9 Å². The van der Waals surface area contributed by atoms with Crippen molar-refractivity contribution in [2.75, 3.05) is 26.8 Å². The molecule has 0 bridgehead atoms. The van der Waals surface area contributed by atoms with Gasteiger partial charge in [0.25, 0.3) is 0 Å². The maximum atomic E-state index is 13.3. The third-order valence-corrected chi connectivity index (χ3v) is 6.36. The molecule has 3 rings (SSSR count). The molecular formula is C26H37FN4O2. The average molecular weight is 457 g/mol. The van der Waals surface area contributed by atoms with Crippen LogP contribution in [0.4, 0.5) is 4.39 Å². The minimum atomic E-state index is -0.579. The first-order valence-electron chi connectivity index (χ1n) is 11.9. The number of nitrogens with zero attached hydrogens (tertiary/aromatic N) is 3. The molecule has 0 unspecified atom stereocenters. The van der Waals surface area contributed by atoms with Crippen LogP contribution in [0.15, 0.2) is 30.3 Å². The highest BCUT2D eigenvalue weighted by Gasteiger charge is 2.31. The van der Waals surface area contributed by atoms with Crippen molar-refractivity contribution in [3.8, 4) is 11.4 Å². The van der Waals surface area contributed by atoms with Gasteiger partial charge in [-0.15, -0.1) is 0 Å². The van der Waals surface area contributed by atoms with E-state index in [2.05, 4.69) is 21.8 Å². The standard InChI is InChI=1S/C26H37FN4O2/c1-26(2,3)20(25(33)28-15-14-27)12-8-13-22(32)23-21-18-30(4)16-9-17-31(21)24(29-23)19-10-6-5-7-11-19/h5-7,10-11,20H,8-9,12-18H2,1-4H3,(H,28,33)/t20-/m1/s1. The Kier molecular flexibility index (Phi) is 8.40. The molecule has 1 amide bonds. The fourth-order valence-electron chi connectivity index (χ4n) is 4.59. The lowest BCUT2D eigenvalue weighted by atomic mass is 9.77. The van der Waals surface area contributed by atoms with Gasteiger partial charge in [0.1, 0.15) is 18.2 Å². The first-order chi connectivity index (χ1) is 15.7. The molecule has 6 nitrogen and oxygen atoms in total. The van der Waals surface area contributed by atoms with Gasteiger partial charge in [0.15, 0.2) is 5.78 Å². The van der Waals surface area contributed by atoms with Gasteiger partial charge in [-0.2, -0.15) is 0 Å². The number of hydrogen-bond donors (Lipinski definition) is 1. The molecular weight excluding hydrogens is 419 g/mol. The van der Waals surface area contributed by atoms with Crippen LogP contribution in [0.2, 0.25) is 0 Å². The maximum Gasteiger partial charge on any atom is 0.223 e. The molecule has 2 aromatic rings. The van der Waals surface area contributed by atoms with Crippen molar-refractivity contribution in [1.82, 2.24) is 19.8 Å². The number of Topliss-reactive ketones (excluding diaryl/α,β-unsaturated/α-hetero) is 1. The Morgan fingerprint density at radius 1 is 1.18 bits per heavy atom. The highest BCUT2D eigenvalue weighted by molar-refractivity contribution is 5.96. The van der Waals surface area contributed by atoms with Crippen molar-refractivity contribution in [1.29, 1.82) is 0 Å². The van der Waals surface area contributed by atoms with E-state index < -0.39 is 6.67 Å². The lowest BCUT2D eigenvalue weighted by Crippen LogP contribution is -2.38. The number of fused-ring (bicyclic) bond motifs is 1. The summed E-state index contributed by atoms with van der Waals surface area (Å²) in [5.74, 6) is 0.453. The molecule has 1 atom stereocenters. The van der Waals surface area contributed by atoms with Crippen LogP contribution in [0.25, 0.3) is 11.4 Å². The highest BCUT2D eigenvalue weighted by atomic mass is 19.1. The Morgan fingerprint density at radius 2 is 1.91 bits per heavy atom. The van der Waals surface area contributed by atoms with E-state index in [0.717, 1.165) is 36.6 Å². The molecule has 1 aromatic carbocycles. The van der Waals surface area contributed by atoms with Crippen LogP contribution in [0.1, 0.15) is 62.6 Å². The molecule has 7 heteroatoms. The summed E-state index contributed by atoms with van der Waals surface area (Å²) in [6, 6.07) is 10.0. The number of rotatable bonds is 9. The lowest BCUT2D eigenvalue weighted by Gasteiger charge is -2.29. The summed E-state index contributed by atoms with van der Waals surface area (Å²) >= 11 is 0. The number of imidazole rings is 1. The van der Waals surface area contributed by atoms with Crippen molar-refractivity contribution in [2.45, 2.75) is 59.5 Å². The maximum absolute atomic E-state index is 13.3. The van der Waals surface area contributed by atoms with E-state index in [-0.39, 0.29) is 29.6 Å². The summed E-state index contributed by atoms with van der Waals surface area (Å²) in [7, 11) is 2.07. The van der Waals surface area contributed by atoms with Gasteiger partial charge in [-0.1, -0.05) is 51.1 Å². The number of nitrogens with one attached hydrogen (secondary N) is 1. The van der Waals surface area contributed by atoms with Crippen molar-refractivity contribution in [2.24, 2.45) is 11.3 Å². The second-order valence-corrected chi connectivity index (χ2v) is 10.1. The Hall–Kier alpha value is -2.54. The van der Waals surface area contributed by atoms with E-state index in [1.54, 1.807) is 0 Å². The fraction of sp³-hybridized carbons (Fsp3) is 0.577. The van der Waals surface area contributed by atoms with Gasteiger partial charge >= 0.3 is 0 Å². The summed E-state index contributed by atoms with van der Waals surface area (Å²) in [5, 5.41) is 2.66. The van der Waals surface area contributed by atoms with Gasteiger partial charge in [-0.05, 0) is 38.3 Å². The molecule has 1 aromatic heterocycles. The quantitative estimate of drug-likeness (QED) is 0.565. The third-order valence-electron chi connectivity index (χ3n) is 6.36. The van der Waals surface area contributed by atoms with Gasteiger partial charge in [-0.3, -0.25) is 9.59 Å². The molecule has 0 spiro atoms. The summed E-state index contributed by atoms with van der Waals surface area (Å²) in [4.78, 5) is 32.9. The van der Waals surface area contributed by atoms with Crippen LogP contribution in [0.5, 0.6) is 0 Å². The second kappa shape index (κ2) is 11.1. The smallest absolute Gasteiger partial charge is 0.223 e. The van der Waals surface area contributed by atoms with Gasteiger partial charge in [0.2, 0.25) is 5.91 Å². The minimum absolute atomic E-state index is 0.0213. The monoisotopic (exact) mass is 456 g/mol. The predicted octanol–water partition coefficient (Wildman–Crippen LogP) is 4.49. The molecule has 0 aliphatic carbocycles. The fourth-order valence-corrected chi connectivity index (χ4v) is 4.59. The topological polar surface area (TPSA) is 67.2 Å². The number of aromatic nitrogens is 2. The SMILES string of the molecule is CN1CCCn2c(-c3ccccc3)nc(C(=O)CCC[C@H](C(=O)NCCF)C(C)(C)C)c2C1. The minimum Gasteiger partial charge on any atom is -0.353 e. The molecule has 33 heavy (non-hydrogen) atoms. The molecule has 1 aliphatic rings. The number of ketones is 1. The molecule has 180 valence electrons. The first-order valence-corrected chi connectivity index (χ1v) is 11.9. The Labute approximate surface area is 196 Å². The largest absolute Gasteiger partial charge is 0.353 e. The molecule has 1 N–H and O–H groups in total. The molecule has 0 fully saturated rings. The normalized spacial score (nSPS) is 15.5. The lowest BCUT2D eigenvalue weighted by molar-refractivity contribution is -0.128. The summed E-state index contributed by atoms with van der Waals surface area (Å²) in [6.07, 6.45) is 2.51. The van der Waals surface area contributed by atoms with E-state index in [4.69, 9.17) is 4.98 Å². The van der Waals surface area contributed by atoms with Crippen LogP contribution in [0, 0.1) is 11.3 Å². The Balaban J connectivity index is 1.78. The first kappa shape index (κ1) is 25.1. The van der Waals surface area contributed by atoms with Crippen molar-refractivity contribution in [3.63, 3.8) is 0 Å². The number of alkyl halides is 1. The number of hydrogen-bond acceptors (Lipinski definition) is 4. The van der Waals surface area contributed by atoms with Crippen LogP contribution >= 0.6 is 0 Å². The average Bonchev–Trinajstić information content (AvgIpc) is 3.01. The zero-order chi connectivity index (χ0) is 24.0. The zero-order valence-electron chi connectivity index (χ0n) is 20.4. The van der Waals surface area contributed by atoms with E-state index in [9.17, 15) is 14.0 Å². The van der Waals surface area contributed by atoms with Crippen LogP contribution < -0.4 is 5.32 Å². The highest BCUT2D eigenvalue weighted by Crippen LogP contribution is 2.31. The zero-order valence-corrected chi connectivity index (χ0v) is 20.4. The van der Waals surface area contributed by atoms with Crippen molar-refractivity contribution in [3.05, 3.63) is 41.7 Å². The van der Waals surface area contributed by atoms with E-state index in [1.807, 2.05) is 51.1 Å². The van der Waals surface area contributed by atoms with E-state index >= 15 is 0 Å². The summed E-state index contributed by atoms with van der Waals surface area (Å²) in [6.45, 7) is 7.97. The van der Waals surface area contributed by atoms with Gasteiger partial charge in [0.05, 0.1) is 5.69 Å². The second-order valence-electron chi connectivity index (χ2n) is 10.1. The number of carbonyl (C=O) groups excluding carboxylic acids is 2. The van der Waals surface area contributed by atoms with Gasteiger partial charge in [0, 0.05) is 37.5 Å². The Bertz CT molecular complexity index is 949. The molecule has 0 saturated heterocycles. The molecule has 2 heterocycles. The third kappa shape index (κ3) is 6.28. The van der Waals surface area contributed by atoms with Crippen LogP contribution in [-0.4, -0.2) is 53.0 Å². The number of carbonyl (C=O) groups is 2. The van der Waals surface area contributed by atoms with Crippen molar-refractivity contribution >= 4 is 11.7 Å². The van der Waals surface area contributed by atoms with Gasteiger partial charge < -0.3 is 14.8 Å². The molecule has 0 saturated carbocycles. The summed E-state index contributed by atoms with van der Waals surface area (Å²) < 4.78 is 14.7. The molecule has 1 aliphatic heterocycles. The number of amides is 1. The molecule has 0 radical (unpaired) electrons. The predicted molar refractivity (Wildman–Crippen MR) is 129 cm³/mol. The van der Waals surface area contributed by atoms with Gasteiger partial charge in [-0.25, -0.2) is 9.37 Å². The van der Waals surface area contributed by atoms with Crippen molar-refractivity contribution < 1.29 is 14.0 Å².